The van der Waals surface area contributed by atoms with Gasteiger partial charge in [-0.1, -0.05) is 18.2 Å². The lowest BCUT2D eigenvalue weighted by Gasteiger charge is -2.23. The molecule has 0 bridgehead atoms. The van der Waals surface area contributed by atoms with Crippen LogP contribution in [0.4, 0.5) is 11.4 Å². The van der Waals surface area contributed by atoms with Crippen LogP contribution in [0.2, 0.25) is 0 Å². The molecule has 0 atom stereocenters. The first-order valence-electron chi connectivity index (χ1n) is 11.2. The predicted molar refractivity (Wildman–Crippen MR) is 143 cm³/mol. The zero-order chi connectivity index (χ0) is 26.8. The number of carbonyl (C=O) groups is 2. The maximum absolute atomic E-state index is 12.3. The van der Waals surface area contributed by atoms with Crippen molar-refractivity contribution >= 4 is 39.4 Å². The third-order valence-corrected chi connectivity index (χ3v) is 6.22. The highest BCUT2D eigenvalue weighted by atomic mass is 32.2. The van der Waals surface area contributed by atoms with Gasteiger partial charge in [-0.15, -0.1) is 0 Å². The highest BCUT2D eigenvalue weighted by Gasteiger charge is 2.21. The van der Waals surface area contributed by atoms with E-state index in [-0.39, 0.29) is 12.5 Å². The minimum Gasteiger partial charge on any atom is -0.497 e. The van der Waals surface area contributed by atoms with Crippen molar-refractivity contribution in [2.45, 2.75) is 6.92 Å². The van der Waals surface area contributed by atoms with Crippen LogP contribution in [0.1, 0.15) is 11.1 Å². The van der Waals surface area contributed by atoms with Crippen LogP contribution in [0.5, 0.6) is 11.5 Å². The Labute approximate surface area is 216 Å². The predicted octanol–water partition coefficient (Wildman–Crippen LogP) is 2.94. The highest BCUT2D eigenvalue weighted by Crippen LogP contribution is 2.21. The molecule has 0 aliphatic rings. The van der Waals surface area contributed by atoms with E-state index in [1.54, 1.807) is 86.8 Å². The van der Waals surface area contributed by atoms with Crippen molar-refractivity contribution in [3.05, 3.63) is 83.9 Å². The molecular weight excluding hydrogens is 496 g/mol. The first-order chi connectivity index (χ1) is 17.7. The SMILES string of the molecule is COc1ccc(NC(=O)COc2ccc(/C=N\NC(=O)CN(c3ccccc3C)S(C)(=O)=O)cc2)cc1. The average Bonchev–Trinajstić information content (AvgIpc) is 2.87. The third kappa shape index (κ3) is 8.36. The number of nitrogens with zero attached hydrogens (tertiary/aromatic N) is 2. The number of benzene rings is 3. The van der Waals surface area contributed by atoms with E-state index in [9.17, 15) is 18.0 Å². The fourth-order valence-corrected chi connectivity index (χ4v) is 4.15. The number of aryl methyl sites for hydroxylation is 1. The summed E-state index contributed by atoms with van der Waals surface area (Å²) in [6.45, 7) is 1.18. The number of para-hydroxylation sites is 1. The fraction of sp³-hybridized carbons (Fsp3) is 0.192. The largest absolute Gasteiger partial charge is 0.497 e. The Balaban J connectivity index is 1.49. The summed E-state index contributed by atoms with van der Waals surface area (Å²) in [5.41, 5.74) is 4.78. The lowest BCUT2D eigenvalue weighted by Crippen LogP contribution is -2.39. The molecule has 2 amide bonds. The van der Waals surface area contributed by atoms with Gasteiger partial charge in [-0.05, 0) is 72.6 Å². The van der Waals surface area contributed by atoms with E-state index < -0.39 is 22.5 Å². The average molecular weight is 525 g/mol. The molecule has 0 radical (unpaired) electrons. The van der Waals surface area contributed by atoms with Gasteiger partial charge in [-0.3, -0.25) is 13.9 Å². The number of carbonyl (C=O) groups excluding carboxylic acids is 2. The van der Waals surface area contributed by atoms with E-state index in [0.717, 1.165) is 16.1 Å². The van der Waals surface area contributed by atoms with E-state index in [0.29, 0.717) is 28.4 Å². The third-order valence-electron chi connectivity index (χ3n) is 5.10. The monoisotopic (exact) mass is 524 g/mol. The quantitative estimate of drug-likeness (QED) is 0.293. The van der Waals surface area contributed by atoms with Gasteiger partial charge in [0.05, 0.1) is 25.3 Å². The fourth-order valence-electron chi connectivity index (χ4n) is 3.24. The van der Waals surface area contributed by atoms with Crippen molar-refractivity contribution in [3.8, 4) is 11.5 Å². The molecule has 194 valence electrons. The van der Waals surface area contributed by atoms with Gasteiger partial charge in [0.25, 0.3) is 11.8 Å². The summed E-state index contributed by atoms with van der Waals surface area (Å²) in [4.78, 5) is 24.4. The number of anilines is 2. The second kappa shape index (κ2) is 12.5. The normalized spacial score (nSPS) is 11.1. The first-order valence-corrected chi connectivity index (χ1v) is 13.0. The van der Waals surface area contributed by atoms with Crippen molar-refractivity contribution in [2.75, 3.05) is 36.1 Å². The Bertz CT molecular complexity index is 1360. The molecule has 37 heavy (non-hydrogen) atoms. The Hall–Kier alpha value is -4.38. The van der Waals surface area contributed by atoms with E-state index in [2.05, 4.69) is 15.8 Å². The topological polar surface area (TPSA) is 126 Å². The number of nitrogens with one attached hydrogen (secondary N) is 2. The van der Waals surface area contributed by atoms with E-state index >= 15 is 0 Å². The van der Waals surface area contributed by atoms with Gasteiger partial charge in [0, 0.05) is 5.69 Å². The van der Waals surface area contributed by atoms with E-state index in [4.69, 9.17) is 9.47 Å². The van der Waals surface area contributed by atoms with Crippen LogP contribution in [-0.4, -0.2) is 53.0 Å². The van der Waals surface area contributed by atoms with Crippen molar-refractivity contribution in [1.29, 1.82) is 0 Å². The Morgan fingerprint density at radius 3 is 2.22 bits per heavy atom. The zero-order valence-electron chi connectivity index (χ0n) is 20.7. The van der Waals surface area contributed by atoms with Crippen LogP contribution in [-0.2, 0) is 19.6 Å². The molecule has 0 aliphatic carbocycles. The molecule has 0 unspecified atom stereocenters. The number of hydrogen-bond donors (Lipinski definition) is 2. The Morgan fingerprint density at radius 1 is 0.946 bits per heavy atom. The number of hydrogen-bond acceptors (Lipinski definition) is 7. The summed E-state index contributed by atoms with van der Waals surface area (Å²) in [6.07, 6.45) is 2.46. The second-order valence-electron chi connectivity index (χ2n) is 7.98. The van der Waals surface area contributed by atoms with Crippen LogP contribution in [0, 0.1) is 6.92 Å². The number of amides is 2. The number of methoxy groups -OCH3 is 1. The van der Waals surface area contributed by atoms with Crippen LogP contribution >= 0.6 is 0 Å². The number of hydrazone groups is 1. The smallest absolute Gasteiger partial charge is 0.262 e. The first kappa shape index (κ1) is 27.2. The molecule has 0 saturated carbocycles. The lowest BCUT2D eigenvalue weighted by atomic mass is 10.2. The van der Waals surface area contributed by atoms with Gasteiger partial charge < -0.3 is 14.8 Å². The van der Waals surface area contributed by atoms with E-state index in [1.807, 2.05) is 0 Å². The minimum atomic E-state index is -3.68. The molecule has 0 heterocycles. The molecule has 0 spiro atoms. The van der Waals surface area contributed by atoms with Crippen LogP contribution in [0.3, 0.4) is 0 Å². The molecule has 10 nitrogen and oxygen atoms in total. The number of ether oxygens (including phenoxy) is 2. The van der Waals surface area contributed by atoms with Crippen molar-refractivity contribution in [3.63, 3.8) is 0 Å². The van der Waals surface area contributed by atoms with Crippen molar-refractivity contribution in [2.24, 2.45) is 5.10 Å². The molecule has 0 fully saturated rings. The maximum Gasteiger partial charge on any atom is 0.262 e. The maximum atomic E-state index is 12.3. The summed E-state index contributed by atoms with van der Waals surface area (Å²) < 4.78 is 36.1. The summed E-state index contributed by atoms with van der Waals surface area (Å²) in [5.74, 6) is 0.267. The number of sulfonamides is 1. The molecular formula is C26H28N4O6S. The van der Waals surface area contributed by atoms with Crippen molar-refractivity contribution < 1.29 is 27.5 Å². The highest BCUT2D eigenvalue weighted by molar-refractivity contribution is 7.92. The van der Waals surface area contributed by atoms with Crippen molar-refractivity contribution in [1.82, 2.24) is 5.43 Å². The van der Waals surface area contributed by atoms with Gasteiger partial charge in [0.1, 0.15) is 18.0 Å². The summed E-state index contributed by atoms with van der Waals surface area (Å²) in [5, 5.41) is 6.62. The molecule has 0 aromatic heterocycles. The summed E-state index contributed by atoms with van der Waals surface area (Å²) in [6, 6.07) is 20.6. The molecule has 11 heteroatoms. The zero-order valence-corrected chi connectivity index (χ0v) is 21.5. The molecule has 0 saturated heterocycles. The Kier molecular flexibility index (Phi) is 9.22. The molecule has 2 N–H and O–H groups in total. The second-order valence-corrected chi connectivity index (χ2v) is 9.89. The standard InChI is InChI=1S/C26H28N4O6S/c1-19-6-4-5-7-24(19)30(37(3,33)34)17-25(31)29-27-16-20-8-12-23(13-9-20)36-18-26(32)28-21-10-14-22(35-2)15-11-21/h4-16H,17-18H2,1-3H3,(H,28,32)(H,29,31)/b27-16-. The number of rotatable bonds is 11. The van der Waals surface area contributed by atoms with Gasteiger partial charge in [-0.2, -0.15) is 5.10 Å². The van der Waals surface area contributed by atoms with Gasteiger partial charge in [0.2, 0.25) is 10.0 Å². The van der Waals surface area contributed by atoms with Gasteiger partial charge >= 0.3 is 0 Å². The van der Waals surface area contributed by atoms with Crippen LogP contribution in [0.25, 0.3) is 0 Å². The molecule has 0 aliphatic heterocycles. The Morgan fingerprint density at radius 2 is 1.59 bits per heavy atom. The summed E-state index contributed by atoms with van der Waals surface area (Å²) in [7, 11) is -2.11. The molecule has 3 aromatic rings. The van der Waals surface area contributed by atoms with Gasteiger partial charge in [0.15, 0.2) is 6.61 Å². The molecule has 3 aromatic carbocycles. The molecule has 3 rings (SSSR count). The van der Waals surface area contributed by atoms with E-state index in [1.165, 1.54) is 6.21 Å². The van der Waals surface area contributed by atoms with Crippen LogP contribution in [0.15, 0.2) is 77.9 Å². The van der Waals surface area contributed by atoms with Crippen LogP contribution < -0.4 is 24.5 Å². The minimum absolute atomic E-state index is 0.173. The lowest BCUT2D eigenvalue weighted by molar-refractivity contribution is -0.119. The summed E-state index contributed by atoms with van der Waals surface area (Å²) >= 11 is 0. The van der Waals surface area contributed by atoms with Gasteiger partial charge in [-0.25, -0.2) is 13.8 Å².